The fourth-order valence-electron chi connectivity index (χ4n) is 6.40. The molecule has 1 aliphatic heterocycles. The highest BCUT2D eigenvalue weighted by molar-refractivity contribution is 6.30. The molecule has 1 aromatic heterocycles. The Balaban J connectivity index is 1.23. The average Bonchev–Trinajstić information content (AvgIpc) is 3.79. The van der Waals surface area contributed by atoms with E-state index >= 15 is 0 Å². The summed E-state index contributed by atoms with van der Waals surface area (Å²) in [5.41, 5.74) is 13.2. The Morgan fingerprint density at radius 2 is 1.33 bits per heavy atom. The number of hydrogen-bond donors (Lipinski definition) is 1. The molecular weight excluding hydrogens is 563 g/mol. The molecule has 0 atom stereocenters. The van der Waals surface area contributed by atoms with Crippen molar-refractivity contribution in [1.82, 2.24) is 9.78 Å². The van der Waals surface area contributed by atoms with Crippen LogP contribution in [-0.2, 0) is 0 Å². The fraction of sp³-hybridized carbons (Fsp3) is 0.257. The molecule has 7 rings (SSSR count). The van der Waals surface area contributed by atoms with E-state index in [1.54, 1.807) is 0 Å². The van der Waals surface area contributed by atoms with Crippen LogP contribution in [0.4, 0.5) is 5.69 Å². The van der Waals surface area contributed by atoms with Crippen LogP contribution in [0, 0.1) is 0 Å². The van der Waals surface area contributed by atoms with Crippen LogP contribution in [0.25, 0.3) is 10.9 Å². The molecule has 2 aliphatic rings. The van der Waals surface area contributed by atoms with E-state index in [9.17, 15) is 4.79 Å². The molecule has 1 aliphatic carbocycles. The number of nitrogens with zero attached hydrogens (tertiary/aromatic N) is 3. The molecule has 7 heteroatoms. The van der Waals surface area contributed by atoms with Crippen molar-refractivity contribution in [3.63, 3.8) is 0 Å². The van der Waals surface area contributed by atoms with E-state index in [0.29, 0.717) is 17.5 Å². The van der Waals surface area contributed by atoms with Gasteiger partial charge in [-0.25, -0.2) is 0 Å². The summed E-state index contributed by atoms with van der Waals surface area (Å²) in [5.74, 6) is 0.0341. The minimum atomic E-state index is -0.396. The Kier molecular flexibility index (Phi) is 7.17. The Bertz CT molecular complexity index is 1690. The molecule has 5 aromatic rings. The first-order chi connectivity index (χ1) is 20.4. The van der Waals surface area contributed by atoms with Crippen LogP contribution < -0.4 is 10.6 Å². The highest BCUT2D eigenvalue weighted by Gasteiger charge is 2.31. The third-order valence-electron chi connectivity index (χ3n) is 8.79. The lowest BCUT2D eigenvalue weighted by Crippen LogP contribution is -2.33. The number of carbonyl (C=O) groups is 1. The van der Waals surface area contributed by atoms with Crippen LogP contribution in [0.1, 0.15) is 76.3 Å². The number of anilines is 1. The van der Waals surface area contributed by atoms with Gasteiger partial charge in [-0.1, -0.05) is 53.5 Å². The Labute approximate surface area is 255 Å². The molecule has 2 heterocycles. The number of nitrogens with two attached hydrogens (primary N) is 1. The zero-order valence-corrected chi connectivity index (χ0v) is 24.7. The van der Waals surface area contributed by atoms with Crippen LogP contribution in [0.5, 0.6) is 0 Å². The van der Waals surface area contributed by atoms with E-state index in [4.69, 9.17) is 34.0 Å². The van der Waals surface area contributed by atoms with Gasteiger partial charge in [0.2, 0.25) is 5.91 Å². The summed E-state index contributed by atoms with van der Waals surface area (Å²) in [7, 11) is 0. The normalized spacial score (nSPS) is 15.9. The second-order valence-electron chi connectivity index (χ2n) is 11.5. The fourth-order valence-corrected chi connectivity index (χ4v) is 6.65. The monoisotopic (exact) mass is 594 g/mol. The van der Waals surface area contributed by atoms with Crippen LogP contribution in [0.15, 0.2) is 91.0 Å². The van der Waals surface area contributed by atoms with Crippen molar-refractivity contribution >= 4 is 45.7 Å². The first-order valence-electron chi connectivity index (χ1n) is 14.6. The summed E-state index contributed by atoms with van der Waals surface area (Å²) < 4.78 is 2.28. The molecule has 2 fully saturated rings. The van der Waals surface area contributed by atoms with E-state index in [1.165, 1.54) is 46.1 Å². The zero-order chi connectivity index (χ0) is 28.8. The van der Waals surface area contributed by atoms with Crippen LogP contribution in [0.2, 0.25) is 10.0 Å². The molecular formula is C35H32Cl2N4O. The second kappa shape index (κ2) is 11.1. The number of aromatic nitrogens is 2. The third kappa shape index (κ3) is 5.28. The van der Waals surface area contributed by atoms with Gasteiger partial charge in [0, 0.05) is 51.6 Å². The van der Waals surface area contributed by atoms with Gasteiger partial charge in [-0.05, 0) is 103 Å². The minimum Gasteiger partial charge on any atom is -0.371 e. The molecule has 4 aromatic carbocycles. The molecule has 5 nitrogen and oxygen atoms in total. The number of fused-ring (bicyclic) bond motifs is 1. The number of rotatable bonds is 7. The first kappa shape index (κ1) is 27.1. The van der Waals surface area contributed by atoms with Crippen molar-refractivity contribution in [3.05, 3.63) is 129 Å². The molecule has 0 radical (unpaired) electrons. The van der Waals surface area contributed by atoms with Crippen molar-refractivity contribution in [2.24, 2.45) is 5.73 Å². The Hall–Kier alpha value is -3.80. The van der Waals surface area contributed by atoms with Gasteiger partial charge in [-0.3, -0.25) is 9.48 Å². The second-order valence-corrected chi connectivity index (χ2v) is 12.4. The van der Waals surface area contributed by atoms with Gasteiger partial charge in [0.05, 0.1) is 17.3 Å². The largest absolute Gasteiger partial charge is 0.371 e. The average molecular weight is 596 g/mol. The molecule has 212 valence electrons. The van der Waals surface area contributed by atoms with Crippen molar-refractivity contribution in [2.45, 2.75) is 43.6 Å². The van der Waals surface area contributed by atoms with E-state index in [-0.39, 0.29) is 5.92 Å². The number of amides is 1. The number of benzene rings is 4. The van der Waals surface area contributed by atoms with Gasteiger partial charge in [0.15, 0.2) is 0 Å². The lowest BCUT2D eigenvalue weighted by Gasteiger charge is -2.33. The highest BCUT2D eigenvalue weighted by atomic mass is 35.5. The summed E-state index contributed by atoms with van der Waals surface area (Å²) in [6.07, 6.45) is 4.43. The van der Waals surface area contributed by atoms with Gasteiger partial charge in [-0.15, -0.1) is 0 Å². The molecule has 0 spiro atoms. The third-order valence-corrected chi connectivity index (χ3v) is 9.29. The predicted octanol–water partition coefficient (Wildman–Crippen LogP) is 8.34. The summed E-state index contributed by atoms with van der Waals surface area (Å²) in [4.78, 5) is 13.9. The van der Waals surface area contributed by atoms with E-state index in [2.05, 4.69) is 52.0 Å². The van der Waals surface area contributed by atoms with Gasteiger partial charge < -0.3 is 10.6 Å². The number of primary amides is 1. The van der Waals surface area contributed by atoms with Crippen LogP contribution in [-0.4, -0.2) is 28.8 Å². The molecule has 0 unspecified atom stereocenters. The van der Waals surface area contributed by atoms with Crippen LogP contribution >= 0.6 is 23.2 Å². The van der Waals surface area contributed by atoms with Crippen molar-refractivity contribution < 1.29 is 4.79 Å². The van der Waals surface area contributed by atoms with E-state index in [0.717, 1.165) is 41.7 Å². The molecule has 1 saturated heterocycles. The summed E-state index contributed by atoms with van der Waals surface area (Å²) in [5, 5.41) is 8.00. The minimum absolute atomic E-state index is 0.0475. The number of halogens is 2. The quantitative estimate of drug-likeness (QED) is 0.192. The lowest BCUT2D eigenvalue weighted by atomic mass is 9.84. The molecule has 0 bridgehead atoms. The van der Waals surface area contributed by atoms with Crippen LogP contribution in [0.3, 0.4) is 0 Å². The van der Waals surface area contributed by atoms with E-state index < -0.39 is 5.91 Å². The lowest BCUT2D eigenvalue weighted by molar-refractivity contribution is 0.100. The van der Waals surface area contributed by atoms with Gasteiger partial charge >= 0.3 is 0 Å². The number of hydrogen-bond acceptors (Lipinski definition) is 3. The molecule has 42 heavy (non-hydrogen) atoms. The smallest absolute Gasteiger partial charge is 0.248 e. The standard InChI is InChI=1S/C35H32Cl2N4O/c36-27-8-1-22(2-9-27)33(23-3-10-28(37)11-4-23)26-7-16-32-31(21-26)34(39-41(32)30-14-15-30)24-17-19-40(20-18-24)29-12-5-25(6-13-29)35(38)42/h1-13,16,21,24,30,33H,14-15,17-20H2,(H2,38,42). The summed E-state index contributed by atoms with van der Waals surface area (Å²) >= 11 is 12.5. The maximum Gasteiger partial charge on any atom is 0.248 e. The van der Waals surface area contributed by atoms with Gasteiger partial charge in [0.1, 0.15) is 0 Å². The maximum absolute atomic E-state index is 11.5. The molecule has 2 N–H and O–H groups in total. The van der Waals surface area contributed by atoms with E-state index in [1.807, 2.05) is 48.5 Å². The Morgan fingerprint density at radius 1 is 0.762 bits per heavy atom. The van der Waals surface area contributed by atoms with Crippen molar-refractivity contribution in [3.8, 4) is 0 Å². The van der Waals surface area contributed by atoms with Gasteiger partial charge in [0.25, 0.3) is 0 Å². The zero-order valence-electron chi connectivity index (χ0n) is 23.2. The van der Waals surface area contributed by atoms with Crippen molar-refractivity contribution in [1.29, 1.82) is 0 Å². The predicted molar refractivity (Wildman–Crippen MR) is 171 cm³/mol. The summed E-state index contributed by atoms with van der Waals surface area (Å²) in [6, 6.07) is 31.3. The SMILES string of the molecule is NC(=O)c1ccc(N2CCC(c3nn(C4CC4)c4ccc(C(c5ccc(Cl)cc5)c5ccc(Cl)cc5)cc34)CC2)cc1. The highest BCUT2D eigenvalue weighted by Crippen LogP contribution is 2.42. The molecule has 1 amide bonds. The topological polar surface area (TPSA) is 64.2 Å². The Morgan fingerprint density at radius 3 is 1.88 bits per heavy atom. The first-order valence-corrected chi connectivity index (χ1v) is 15.4. The maximum atomic E-state index is 11.5. The number of piperidine rings is 1. The molecule has 1 saturated carbocycles. The van der Waals surface area contributed by atoms with Gasteiger partial charge in [-0.2, -0.15) is 5.10 Å². The number of carbonyl (C=O) groups excluding carboxylic acids is 1. The van der Waals surface area contributed by atoms with Crippen molar-refractivity contribution in [2.75, 3.05) is 18.0 Å². The summed E-state index contributed by atoms with van der Waals surface area (Å²) in [6.45, 7) is 1.88.